The smallest absolute Gasteiger partial charge is 0.328 e. The highest BCUT2D eigenvalue weighted by Gasteiger charge is 2.22. The Morgan fingerprint density at radius 3 is 2.53 bits per heavy atom. The van der Waals surface area contributed by atoms with Crippen LogP contribution in [0.1, 0.15) is 31.2 Å². The van der Waals surface area contributed by atoms with E-state index in [0.717, 1.165) is 24.0 Å². The SMILES string of the molecule is O=C(O)/C=C(/c1ccccc1Cl)C1CCCC1. The van der Waals surface area contributed by atoms with E-state index in [2.05, 4.69) is 0 Å². The third kappa shape index (κ3) is 2.89. The highest BCUT2D eigenvalue weighted by molar-refractivity contribution is 6.32. The number of hydrogen-bond acceptors (Lipinski definition) is 1. The zero-order chi connectivity index (χ0) is 12.3. The minimum atomic E-state index is -0.896. The Kier molecular flexibility index (Phi) is 3.85. The van der Waals surface area contributed by atoms with Crippen molar-refractivity contribution in [1.29, 1.82) is 0 Å². The molecule has 1 aromatic rings. The van der Waals surface area contributed by atoms with Crippen molar-refractivity contribution in [2.75, 3.05) is 0 Å². The first-order valence-electron chi connectivity index (χ1n) is 5.88. The van der Waals surface area contributed by atoms with Crippen LogP contribution in [0.25, 0.3) is 5.57 Å². The van der Waals surface area contributed by atoms with Crippen LogP contribution in [0.4, 0.5) is 0 Å². The third-order valence-electron chi connectivity index (χ3n) is 3.26. The molecule has 0 saturated heterocycles. The molecular weight excluding hydrogens is 236 g/mol. The van der Waals surface area contributed by atoms with Gasteiger partial charge in [-0.3, -0.25) is 0 Å². The van der Waals surface area contributed by atoms with Gasteiger partial charge in [0.15, 0.2) is 0 Å². The van der Waals surface area contributed by atoms with Crippen LogP contribution < -0.4 is 0 Å². The molecular formula is C14H15ClO2. The number of hydrogen-bond donors (Lipinski definition) is 1. The Bertz CT molecular complexity index is 445. The van der Waals surface area contributed by atoms with Gasteiger partial charge in [-0.25, -0.2) is 4.79 Å². The quantitative estimate of drug-likeness (QED) is 0.824. The van der Waals surface area contributed by atoms with Crippen LogP contribution in [0.15, 0.2) is 30.3 Å². The molecule has 1 saturated carbocycles. The van der Waals surface area contributed by atoms with E-state index in [9.17, 15) is 4.79 Å². The average molecular weight is 251 g/mol. The van der Waals surface area contributed by atoms with Gasteiger partial charge in [0.05, 0.1) is 0 Å². The molecule has 90 valence electrons. The zero-order valence-corrected chi connectivity index (χ0v) is 10.3. The molecule has 0 unspecified atom stereocenters. The first-order valence-corrected chi connectivity index (χ1v) is 6.25. The Labute approximate surface area is 106 Å². The summed E-state index contributed by atoms with van der Waals surface area (Å²) in [5.41, 5.74) is 1.74. The molecule has 17 heavy (non-hydrogen) atoms. The lowest BCUT2D eigenvalue weighted by molar-refractivity contribution is -0.131. The normalized spacial score (nSPS) is 17.4. The number of halogens is 1. The number of rotatable bonds is 3. The fourth-order valence-corrected chi connectivity index (χ4v) is 2.73. The lowest BCUT2D eigenvalue weighted by Crippen LogP contribution is -2.02. The van der Waals surface area contributed by atoms with Crippen LogP contribution in [-0.2, 0) is 4.79 Å². The molecule has 0 bridgehead atoms. The molecule has 1 aromatic carbocycles. The molecule has 2 nitrogen and oxygen atoms in total. The maximum atomic E-state index is 10.9. The number of allylic oxidation sites excluding steroid dienone is 1. The average Bonchev–Trinajstić information content (AvgIpc) is 2.80. The summed E-state index contributed by atoms with van der Waals surface area (Å²) in [6, 6.07) is 7.46. The second-order valence-electron chi connectivity index (χ2n) is 4.40. The molecule has 1 fully saturated rings. The molecule has 2 rings (SSSR count). The molecule has 1 N–H and O–H groups in total. The van der Waals surface area contributed by atoms with E-state index >= 15 is 0 Å². The van der Waals surface area contributed by atoms with E-state index in [1.807, 2.05) is 24.3 Å². The molecule has 0 aliphatic heterocycles. The first kappa shape index (κ1) is 12.2. The summed E-state index contributed by atoms with van der Waals surface area (Å²) in [6.45, 7) is 0. The van der Waals surface area contributed by atoms with Crippen molar-refractivity contribution in [1.82, 2.24) is 0 Å². The predicted octanol–water partition coefficient (Wildman–Crippen LogP) is 4.00. The van der Waals surface area contributed by atoms with Crippen LogP contribution in [-0.4, -0.2) is 11.1 Å². The van der Waals surface area contributed by atoms with Crippen LogP contribution in [0.3, 0.4) is 0 Å². The minimum Gasteiger partial charge on any atom is -0.478 e. The molecule has 0 spiro atoms. The maximum Gasteiger partial charge on any atom is 0.328 e. The first-order chi connectivity index (χ1) is 8.18. The van der Waals surface area contributed by atoms with Gasteiger partial charge >= 0.3 is 5.97 Å². The summed E-state index contributed by atoms with van der Waals surface area (Å²) >= 11 is 6.15. The molecule has 0 aromatic heterocycles. The summed E-state index contributed by atoms with van der Waals surface area (Å²) in [5.74, 6) is -0.558. The summed E-state index contributed by atoms with van der Waals surface area (Å²) in [4.78, 5) is 10.9. The van der Waals surface area contributed by atoms with Gasteiger partial charge in [-0.2, -0.15) is 0 Å². The number of aliphatic carboxylic acids is 1. The van der Waals surface area contributed by atoms with Crippen LogP contribution >= 0.6 is 11.6 Å². The summed E-state index contributed by atoms with van der Waals surface area (Å²) in [5, 5.41) is 9.61. The highest BCUT2D eigenvalue weighted by atomic mass is 35.5. The van der Waals surface area contributed by atoms with E-state index in [4.69, 9.17) is 16.7 Å². The van der Waals surface area contributed by atoms with E-state index in [1.165, 1.54) is 18.9 Å². The van der Waals surface area contributed by atoms with E-state index < -0.39 is 5.97 Å². The van der Waals surface area contributed by atoms with Crippen molar-refractivity contribution >= 4 is 23.1 Å². The van der Waals surface area contributed by atoms with Gasteiger partial charge in [-0.1, -0.05) is 42.6 Å². The molecule has 0 radical (unpaired) electrons. The van der Waals surface area contributed by atoms with Gasteiger partial charge in [0, 0.05) is 11.1 Å². The Morgan fingerprint density at radius 1 is 1.29 bits per heavy atom. The molecule has 3 heteroatoms. The summed E-state index contributed by atoms with van der Waals surface area (Å²) in [7, 11) is 0. The van der Waals surface area contributed by atoms with Gasteiger partial charge in [0.2, 0.25) is 0 Å². The van der Waals surface area contributed by atoms with Crippen LogP contribution in [0, 0.1) is 5.92 Å². The van der Waals surface area contributed by atoms with Gasteiger partial charge in [-0.15, -0.1) is 0 Å². The second-order valence-corrected chi connectivity index (χ2v) is 4.81. The van der Waals surface area contributed by atoms with Gasteiger partial charge in [0.25, 0.3) is 0 Å². The largest absolute Gasteiger partial charge is 0.478 e. The summed E-state index contributed by atoms with van der Waals surface area (Å²) in [6.07, 6.45) is 5.78. The Hall–Kier alpha value is -1.28. The van der Waals surface area contributed by atoms with Crippen molar-refractivity contribution in [3.05, 3.63) is 40.9 Å². The molecule has 0 heterocycles. The summed E-state index contributed by atoms with van der Waals surface area (Å²) < 4.78 is 0. The third-order valence-corrected chi connectivity index (χ3v) is 3.59. The van der Waals surface area contributed by atoms with E-state index in [0.29, 0.717) is 10.9 Å². The van der Waals surface area contributed by atoms with Crippen molar-refractivity contribution in [3.8, 4) is 0 Å². The number of carboxylic acid groups (broad SMARTS) is 1. The second kappa shape index (κ2) is 5.37. The van der Waals surface area contributed by atoms with Crippen LogP contribution in [0.5, 0.6) is 0 Å². The highest BCUT2D eigenvalue weighted by Crippen LogP contribution is 2.38. The van der Waals surface area contributed by atoms with E-state index in [1.54, 1.807) is 0 Å². The lowest BCUT2D eigenvalue weighted by Gasteiger charge is -2.15. The predicted molar refractivity (Wildman–Crippen MR) is 69.0 cm³/mol. The Balaban J connectivity index is 2.40. The molecule has 1 aliphatic rings. The van der Waals surface area contributed by atoms with Gasteiger partial charge < -0.3 is 5.11 Å². The lowest BCUT2D eigenvalue weighted by atomic mass is 9.91. The molecule has 1 aliphatic carbocycles. The number of carboxylic acids is 1. The standard InChI is InChI=1S/C14H15ClO2/c15-13-8-4-3-7-11(13)12(9-14(16)17)10-5-1-2-6-10/h3-4,7-10H,1-2,5-6H2,(H,16,17)/b12-9+. The van der Waals surface area contributed by atoms with Gasteiger partial charge in [0.1, 0.15) is 0 Å². The molecule has 0 atom stereocenters. The van der Waals surface area contributed by atoms with Crippen molar-refractivity contribution < 1.29 is 9.90 Å². The molecule has 0 amide bonds. The fraction of sp³-hybridized carbons (Fsp3) is 0.357. The zero-order valence-electron chi connectivity index (χ0n) is 9.53. The van der Waals surface area contributed by atoms with Crippen molar-refractivity contribution in [2.45, 2.75) is 25.7 Å². The van der Waals surface area contributed by atoms with Crippen molar-refractivity contribution in [2.24, 2.45) is 5.92 Å². The van der Waals surface area contributed by atoms with Crippen LogP contribution in [0.2, 0.25) is 5.02 Å². The minimum absolute atomic E-state index is 0.339. The van der Waals surface area contributed by atoms with Crippen molar-refractivity contribution in [3.63, 3.8) is 0 Å². The van der Waals surface area contributed by atoms with E-state index in [-0.39, 0.29) is 0 Å². The monoisotopic (exact) mass is 250 g/mol. The van der Waals surface area contributed by atoms with Gasteiger partial charge in [-0.05, 0) is 36.0 Å². The Morgan fingerprint density at radius 2 is 1.94 bits per heavy atom. The number of carbonyl (C=O) groups is 1. The maximum absolute atomic E-state index is 10.9. The number of benzene rings is 1. The fourth-order valence-electron chi connectivity index (χ4n) is 2.48. The topological polar surface area (TPSA) is 37.3 Å².